The van der Waals surface area contributed by atoms with Gasteiger partial charge in [0.15, 0.2) is 0 Å². The molecule has 0 saturated carbocycles. The van der Waals surface area contributed by atoms with E-state index < -0.39 is 23.5 Å². The number of alkyl halides is 6. The molecule has 0 radical (unpaired) electrons. The standard InChI is InChI=1S/C24H12F6N4O2/c25-23(26,27)17-9-5-15(6-10-17)21-31-19(33-35-21)13-1-2-14(4-3-13)20-32-22(36-34-20)16-7-11-18(12-8-16)24(28,29)30/h1-12H. The van der Waals surface area contributed by atoms with E-state index in [2.05, 4.69) is 20.3 Å². The smallest absolute Gasteiger partial charge is 0.334 e. The van der Waals surface area contributed by atoms with Gasteiger partial charge in [-0.1, -0.05) is 34.6 Å². The summed E-state index contributed by atoms with van der Waals surface area (Å²) >= 11 is 0. The van der Waals surface area contributed by atoms with Crippen LogP contribution < -0.4 is 0 Å². The maximum Gasteiger partial charge on any atom is 0.416 e. The highest BCUT2D eigenvalue weighted by atomic mass is 19.4. The largest absolute Gasteiger partial charge is 0.416 e. The van der Waals surface area contributed by atoms with Crippen LogP contribution in [0.3, 0.4) is 0 Å². The summed E-state index contributed by atoms with van der Waals surface area (Å²) in [4.78, 5) is 8.45. The highest BCUT2D eigenvalue weighted by Crippen LogP contribution is 2.33. The molecule has 0 bridgehead atoms. The molecule has 0 N–H and O–H groups in total. The van der Waals surface area contributed by atoms with Gasteiger partial charge in [-0.3, -0.25) is 0 Å². The Labute approximate surface area is 198 Å². The Hall–Kier alpha value is -4.48. The Morgan fingerprint density at radius 1 is 0.444 bits per heavy atom. The van der Waals surface area contributed by atoms with Crippen LogP contribution in [-0.4, -0.2) is 20.3 Å². The molecule has 5 rings (SSSR count). The van der Waals surface area contributed by atoms with Crippen molar-refractivity contribution in [3.8, 4) is 45.7 Å². The molecule has 0 aliphatic rings. The van der Waals surface area contributed by atoms with Crippen molar-refractivity contribution < 1.29 is 35.4 Å². The first-order chi connectivity index (χ1) is 17.1. The van der Waals surface area contributed by atoms with Gasteiger partial charge in [-0.15, -0.1) is 0 Å². The first kappa shape index (κ1) is 23.3. The first-order valence-corrected chi connectivity index (χ1v) is 10.2. The molecule has 3 aromatic carbocycles. The molecule has 2 aromatic heterocycles. The number of rotatable bonds is 4. The van der Waals surface area contributed by atoms with Crippen LogP contribution in [0, 0.1) is 0 Å². The Kier molecular flexibility index (Phi) is 5.58. The van der Waals surface area contributed by atoms with E-state index in [4.69, 9.17) is 9.05 Å². The van der Waals surface area contributed by atoms with Gasteiger partial charge in [-0.05, 0) is 48.5 Å². The number of aromatic nitrogens is 4. The Bertz CT molecular complexity index is 1370. The van der Waals surface area contributed by atoms with Gasteiger partial charge in [-0.2, -0.15) is 36.3 Å². The summed E-state index contributed by atoms with van der Waals surface area (Å²) in [7, 11) is 0. The van der Waals surface area contributed by atoms with E-state index in [1.807, 2.05) is 0 Å². The third-order valence-electron chi connectivity index (χ3n) is 5.17. The van der Waals surface area contributed by atoms with Gasteiger partial charge in [0.1, 0.15) is 0 Å². The van der Waals surface area contributed by atoms with E-state index in [1.165, 1.54) is 24.3 Å². The SMILES string of the molecule is FC(F)(F)c1ccc(-c2nc(-c3ccc(-c4noc(-c5ccc(C(F)(F)F)cc5)n4)cc3)no2)cc1. The number of halogens is 6. The molecule has 36 heavy (non-hydrogen) atoms. The van der Waals surface area contributed by atoms with Crippen molar-refractivity contribution >= 4 is 0 Å². The molecule has 12 heteroatoms. The minimum absolute atomic E-state index is 0.0575. The molecule has 0 atom stereocenters. The topological polar surface area (TPSA) is 77.8 Å². The summed E-state index contributed by atoms with van der Waals surface area (Å²) in [5.74, 6) is 0.550. The van der Waals surface area contributed by atoms with E-state index in [1.54, 1.807) is 24.3 Å². The van der Waals surface area contributed by atoms with Crippen LogP contribution in [0.4, 0.5) is 26.3 Å². The summed E-state index contributed by atoms with van der Waals surface area (Å²) in [6, 6.07) is 15.3. The Balaban J connectivity index is 1.32. The molecular formula is C24H12F6N4O2. The predicted molar refractivity (Wildman–Crippen MR) is 114 cm³/mol. The van der Waals surface area contributed by atoms with Gasteiger partial charge in [-0.25, -0.2) is 0 Å². The molecule has 182 valence electrons. The molecule has 0 unspecified atom stereocenters. The fourth-order valence-corrected chi connectivity index (χ4v) is 3.29. The van der Waals surface area contributed by atoms with Crippen LogP contribution in [0.5, 0.6) is 0 Å². The van der Waals surface area contributed by atoms with Crippen LogP contribution in [-0.2, 0) is 12.4 Å². The van der Waals surface area contributed by atoms with Gasteiger partial charge >= 0.3 is 12.4 Å². The average Bonchev–Trinajstić information content (AvgIpc) is 3.54. The van der Waals surface area contributed by atoms with Crippen LogP contribution >= 0.6 is 0 Å². The Morgan fingerprint density at radius 3 is 1.06 bits per heavy atom. The normalized spacial score (nSPS) is 12.2. The van der Waals surface area contributed by atoms with Gasteiger partial charge in [0.2, 0.25) is 11.6 Å². The molecule has 0 fully saturated rings. The second-order valence-corrected chi connectivity index (χ2v) is 7.57. The van der Waals surface area contributed by atoms with E-state index in [0.717, 1.165) is 24.3 Å². The molecule has 0 spiro atoms. The zero-order valence-electron chi connectivity index (χ0n) is 17.8. The molecule has 0 aliphatic heterocycles. The monoisotopic (exact) mass is 502 g/mol. The average molecular weight is 502 g/mol. The molecule has 6 nitrogen and oxygen atoms in total. The molecule has 0 amide bonds. The van der Waals surface area contributed by atoms with Crippen molar-refractivity contribution in [2.45, 2.75) is 12.4 Å². The second-order valence-electron chi connectivity index (χ2n) is 7.57. The maximum atomic E-state index is 12.7. The number of hydrogen-bond donors (Lipinski definition) is 0. The second kappa shape index (κ2) is 8.63. The highest BCUT2D eigenvalue weighted by molar-refractivity contribution is 5.66. The minimum Gasteiger partial charge on any atom is -0.334 e. The summed E-state index contributed by atoms with van der Waals surface area (Å²) < 4.78 is 86.8. The van der Waals surface area contributed by atoms with Crippen molar-refractivity contribution in [2.75, 3.05) is 0 Å². The van der Waals surface area contributed by atoms with Crippen LogP contribution in [0.2, 0.25) is 0 Å². The first-order valence-electron chi connectivity index (χ1n) is 10.2. The van der Waals surface area contributed by atoms with Crippen molar-refractivity contribution in [3.63, 3.8) is 0 Å². The van der Waals surface area contributed by atoms with Crippen LogP contribution in [0.1, 0.15) is 11.1 Å². The fourth-order valence-electron chi connectivity index (χ4n) is 3.29. The Morgan fingerprint density at radius 2 is 0.750 bits per heavy atom. The van der Waals surface area contributed by atoms with Gasteiger partial charge in [0.05, 0.1) is 11.1 Å². The van der Waals surface area contributed by atoms with E-state index in [0.29, 0.717) is 22.3 Å². The number of benzene rings is 3. The molecule has 2 heterocycles. The lowest BCUT2D eigenvalue weighted by Gasteiger charge is -2.05. The highest BCUT2D eigenvalue weighted by Gasteiger charge is 2.31. The lowest BCUT2D eigenvalue weighted by Crippen LogP contribution is -2.03. The van der Waals surface area contributed by atoms with E-state index in [9.17, 15) is 26.3 Å². The third kappa shape index (κ3) is 4.69. The summed E-state index contributed by atoms with van der Waals surface area (Å²) in [5, 5.41) is 7.73. The van der Waals surface area contributed by atoms with Crippen LogP contribution in [0.15, 0.2) is 81.8 Å². The van der Waals surface area contributed by atoms with Crippen molar-refractivity contribution in [3.05, 3.63) is 83.9 Å². The van der Waals surface area contributed by atoms with Gasteiger partial charge < -0.3 is 9.05 Å². The minimum atomic E-state index is -4.45. The lowest BCUT2D eigenvalue weighted by atomic mass is 10.1. The number of nitrogens with zero attached hydrogens (tertiary/aromatic N) is 4. The molecule has 0 aliphatic carbocycles. The lowest BCUT2D eigenvalue weighted by molar-refractivity contribution is -0.138. The van der Waals surface area contributed by atoms with E-state index >= 15 is 0 Å². The van der Waals surface area contributed by atoms with Crippen LogP contribution in [0.25, 0.3) is 45.7 Å². The van der Waals surface area contributed by atoms with Crippen molar-refractivity contribution in [1.82, 2.24) is 20.3 Å². The summed E-state index contributed by atoms with van der Waals surface area (Å²) in [5.41, 5.74) is 0.218. The van der Waals surface area contributed by atoms with E-state index in [-0.39, 0.29) is 23.4 Å². The van der Waals surface area contributed by atoms with Crippen molar-refractivity contribution in [2.24, 2.45) is 0 Å². The quantitative estimate of drug-likeness (QED) is 0.243. The van der Waals surface area contributed by atoms with Gasteiger partial charge in [0.25, 0.3) is 11.8 Å². The van der Waals surface area contributed by atoms with Crippen molar-refractivity contribution in [1.29, 1.82) is 0 Å². The zero-order valence-corrected chi connectivity index (χ0v) is 17.8. The summed E-state index contributed by atoms with van der Waals surface area (Å²) in [6.45, 7) is 0. The van der Waals surface area contributed by atoms with Gasteiger partial charge in [0, 0.05) is 22.3 Å². The summed E-state index contributed by atoms with van der Waals surface area (Å²) in [6.07, 6.45) is -8.89. The molecule has 5 aromatic rings. The molecular weight excluding hydrogens is 490 g/mol. The predicted octanol–water partition coefficient (Wildman–Crippen LogP) is 7.16. The number of hydrogen-bond acceptors (Lipinski definition) is 6. The molecule has 0 saturated heterocycles. The third-order valence-corrected chi connectivity index (χ3v) is 5.17. The maximum absolute atomic E-state index is 12.7. The zero-order chi connectivity index (χ0) is 25.5. The fraction of sp³-hybridized carbons (Fsp3) is 0.0833.